The topological polar surface area (TPSA) is 71.1 Å². The fourth-order valence-electron chi connectivity index (χ4n) is 1.21. The summed E-state index contributed by atoms with van der Waals surface area (Å²) in [5.41, 5.74) is 0.255. The first kappa shape index (κ1) is 13.4. The minimum Gasteiger partial charge on any atom is -0.355 e. The van der Waals surface area contributed by atoms with Gasteiger partial charge in [-0.25, -0.2) is 0 Å². The predicted molar refractivity (Wildman–Crippen MR) is 64.9 cm³/mol. The number of nitrogens with zero attached hydrogens (tertiary/aromatic N) is 1. The quantitative estimate of drug-likeness (QED) is 0.843. The second-order valence-electron chi connectivity index (χ2n) is 3.45. The number of nitrogens with one attached hydrogen (secondary N) is 2. The van der Waals surface area contributed by atoms with Crippen LogP contribution in [0.1, 0.15) is 24.2 Å². The molecule has 2 N–H and O–H groups in total. The molecule has 17 heavy (non-hydrogen) atoms. The van der Waals surface area contributed by atoms with Gasteiger partial charge in [-0.1, -0.05) is 11.6 Å². The van der Waals surface area contributed by atoms with Crippen molar-refractivity contribution < 1.29 is 9.59 Å². The van der Waals surface area contributed by atoms with Crippen LogP contribution in [0.3, 0.4) is 0 Å². The molecule has 0 saturated carbocycles. The summed E-state index contributed by atoms with van der Waals surface area (Å²) in [5, 5.41) is 5.47. The van der Waals surface area contributed by atoms with Crippen molar-refractivity contribution in [2.45, 2.75) is 19.9 Å². The first-order chi connectivity index (χ1) is 8.06. The Hall–Kier alpha value is -1.62. The third kappa shape index (κ3) is 3.71. The summed E-state index contributed by atoms with van der Waals surface area (Å²) >= 11 is 5.84. The maximum Gasteiger partial charge on any atom is 0.255 e. The monoisotopic (exact) mass is 255 g/mol. The Morgan fingerprint density at radius 3 is 2.82 bits per heavy atom. The number of rotatable bonds is 4. The summed E-state index contributed by atoms with van der Waals surface area (Å²) in [6.45, 7) is 3.93. The van der Waals surface area contributed by atoms with Gasteiger partial charge >= 0.3 is 0 Å². The SMILES string of the molecule is CCNC(=O)C(C)NC(=O)c1cnccc1Cl. The van der Waals surface area contributed by atoms with Crippen LogP contribution < -0.4 is 10.6 Å². The standard InChI is InChI=1S/C11H14ClN3O2/c1-3-14-10(16)7(2)15-11(17)8-6-13-5-4-9(8)12/h4-7H,3H2,1-2H3,(H,14,16)(H,15,17). The number of pyridine rings is 1. The van der Waals surface area contributed by atoms with Gasteiger partial charge in [0.2, 0.25) is 5.91 Å². The molecule has 0 radical (unpaired) electrons. The van der Waals surface area contributed by atoms with E-state index >= 15 is 0 Å². The first-order valence-corrected chi connectivity index (χ1v) is 5.62. The molecule has 0 bridgehead atoms. The average molecular weight is 256 g/mol. The third-order valence-corrected chi connectivity index (χ3v) is 2.43. The number of carbonyl (C=O) groups is 2. The molecule has 1 rings (SSSR count). The van der Waals surface area contributed by atoms with Gasteiger partial charge in [-0.15, -0.1) is 0 Å². The number of hydrogen-bond donors (Lipinski definition) is 2. The lowest BCUT2D eigenvalue weighted by molar-refractivity contribution is -0.122. The fraction of sp³-hybridized carbons (Fsp3) is 0.364. The van der Waals surface area contributed by atoms with Crippen LogP contribution in [0, 0.1) is 0 Å². The van der Waals surface area contributed by atoms with Crippen LogP contribution in [-0.2, 0) is 4.79 Å². The molecule has 1 unspecified atom stereocenters. The molecule has 6 heteroatoms. The molecule has 0 aliphatic carbocycles. The van der Waals surface area contributed by atoms with E-state index in [0.717, 1.165) is 0 Å². The van der Waals surface area contributed by atoms with Crippen LogP contribution in [-0.4, -0.2) is 29.4 Å². The van der Waals surface area contributed by atoms with Gasteiger partial charge in [-0.2, -0.15) is 0 Å². The number of halogens is 1. The van der Waals surface area contributed by atoms with Gasteiger partial charge in [0.05, 0.1) is 10.6 Å². The van der Waals surface area contributed by atoms with Crippen molar-refractivity contribution in [3.05, 3.63) is 29.0 Å². The Morgan fingerprint density at radius 1 is 1.53 bits per heavy atom. The molecule has 0 saturated heterocycles. The highest BCUT2D eigenvalue weighted by molar-refractivity contribution is 6.33. The largest absolute Gasteiger partial charge is 0.355 e. The lowest BCUT2D eigenvalue weighted by atomic mass is 10.2. The van der Waals surface area contributed by atoms with Crippen LogP contribution in [0.2, 0.25) is 5.02 Å². The number of amides is 2. The van der Waals surface area contributed by atoms with Crippen LogP contribution in [0.5, 0.6) is 0 Å². The van der Waals surface area contributed by atoms with Crippen LogP contribution >= 0.6 is 11.6 Å². The molecule has 0 aromatic carbocycles. The van der Waals surface area contributed by atoms with Crippen molar-refractivity contribution in [3.63, 3.8) is 0 Å². The van der Waals surface area contributed by atoms with Crippen LogP contribution in [0.25, 0.3) is 0 Å². The Kier molecular flexibility index (Phi) is 4.90. The Labute approximate surface area is 105 Å². The smallest absolute Gasteiger partial charge is 0.255 e. The summed E-state index contributed by atoms with van der Waals surface area (Å²) in [5.74, 6) is -0.650. The molecule has 2 amide bonds. The lowest BCUT2D eigenvalue weighted by Crippen LogP contribution is -2.44. The first-order valence-electron chi connectivity index (χ1n) is 5.24. The number of hydrogen-bond acceptors (Lipinski definition) is 3. The Bertz CT molecular complexity index is 423. The molecule has 1 atom stereocenters. The molecule has 5 nitrogen and oxygen atoms in total. The summed E-state index contributed by atoms with van der Waals surface area (Å²) in [4.78, 5) is 27.0. The van der Waals surface area contributed by atoms with Crippen molar-refractivity contribution in [1.29, 1.82) is 0 Å². The molecule has 0 aliphatic heterocycles. The van der Waals surface area contributed by atoms with E-state index in [-0.39, 0.29) is 11.5 Å². The average Bonchev–Trinajstić information content (AvgIpc) is 2.29. The molecule has 0 aliphatic rings. The van der Waals surface area contributed by atoms with E-state index in [1.165, 1.54) is 18.5 Å². The van der Waals surface area contributed by atoms with E-state index in [1.807, 2.05) is 6.92 Å². The van der Waals surface area contributed by atoms with Crippen molar-refractivity contribution >= 4 is 23.4 Å². The van der Waals surface area contributed by atoms with Gasteiger partial charge in [0.1, 0.15) is 6.04 Å². The molecular weight excluding hydrogens is 242 g/mol. The van der Waals surface area contributed by atoms with E-state index in [4.69, 9.17) is 11.6 Å². The zero-order chi connectivity index (χ0) is 12.8. The molecule has 0 spiro atoms. The molecule has 92 valence electrons. The predicted octanol–water partition coefficient (Wildman–Crippen LogP) is 0.989. The van der Waals surface area contributed by atoms with E-state index in [1.54, 1.807) is 6.92 Å². The van der Waals surface area contributed by atoms with Crippen LogP contribution in [0.15, 0.2) is 18.5 Å². The molecular formula is C11H14ClN3O2. The van der Waals surface area contributed by atoms with Crippen LogP contribution in [0.4, 0.5) is 0 Å². The van der Waals surface area contributed by atoms with Gasteiger partial charge in [-0.05, 0) is 19.9 Å². The summed E-state index contributed by atoms with van der Waals surface area (Å²) in [6, 6.07) is 0.909. The molecule has 1 heterocycles. The summed E-state index contributed by atoms with van der Waals surface area (Å²) in [6.07, 6.45) is 2.86. The van der Waals surface area contributed by atoms with Gasteiger partial charge in [0.25, 0.3) is 5.91 Å². The summed E-state index contributed by atoms with van der Waals surface area (Å²) in [7, 11) is 0. The van der Waals surface area contributed by atoms with E-state index < -0.39 is 11.9 Å². The number of aromatic nitrogens is 1. The Balaban J connectivity index is 2.67. The maximum atomic E-state index is 11.8. The van der Waals surface area contributed by atoms with E-state index in [2.05, 4.69) is 15.6 Å². The third-order valence-electron chi connectivity index (χ3n) is 2.10. The lowest BCUT2D eigenvalue weighted by Gasteiger charge is -2.13. The zero-order valence-corrected chi connectivity index (χ0v) is 10.4. The Morgan fingerprint density at radius 2 is 2.24 bits per heavy atom. The highest BCUT2D eigenvalue weighted by atomic mass is 35.5. The van der Waals surface area contributed by atoms with Crippen molar-refractivity contribution in [3.8, 4) is 0 Å². The minimum atomic E-state index is -0.612. The maximum absolute atomic E-state index is 11.8. The van der Waals surface area contributed by atoms with Gasteiger partial charge in [-0.3, -0.25) is 14.6 Å². The number of carbonyl (C=O) groups excluding carboxylic acids is 2. The van der Waals surface area contributed by atoms with Gasteiger partial charge < -0.3 is 10.6 Å². The van der Waals surface area contributed by atoms with E-state index in [9.17, 15) is 9.59 Å². The van der Waals surface area contributed by atoms with Gasteiger partial charge in [0.15, 0.2) is 0 Å². The van der Waals surface area contributed by atoms with Gasteiger partial charge in [0, 0.05) is 18.9 Å². The fourth-order valence-corrected chi connectivity index (χ4v) is 1.40. The molecule has 1 aromatic heterocycles. The summed E-state index contributed by atoms with van der Waals surface area (Å²) < 4.78 is 0. The highest BCUT2D eigenvalue weighted by Gasteiger charge is 2.17. The zero-order valence-electron chi connectivity index (χ0n) is 9.66. The normalized spacial score (nSPS) is 11.7. The molecule has 0 fully saturated rings. The second-order valence-corrected chi connectivity index (χ2v) is 3.85. The van der Waals surface area contributed by atoms with Crippen molar-refractivity contribution in [2.24, 2.45) is 0 Å². The molecule has 1 aromatic rings. The highest BCUT2D eigenvalue weighted by Crippen LogP contribution is 2.13. The second kappa shape index (κ2) is 6.20. The van der Waals surface area contributed by atoms with Crippen molar-refractivity contribution in [2.75, 3.05) is 6.54 Å². The van der Waals surface area contributed by atoms with Crippen molar-refractivity contribution in [1.82, 2.24) is 15.6 Å². The van der Waals surface area contributed by atoms with E-state index in [0.29, 0.717) is 11.6 Å². The minimum absolute atomic E-state index is 0.235. The number of likely N-dealkylation sites (N-methyl/N-ethyl adjacent to an activating group) is 1.